The molecule has 0 amide bonds. The molecule has 0 spiro atoms. The summed E-state index contributed by atoms with van der Waals surface area (Å²) in [7, 11) is 0. The van der Waals surface area contributed by atoms with Gasteiger partial charge in [-0.1, -0.05) is 6.58 Å². The number of carbonyl (C=O) groups is 1. The lowest BCUT2D eigenvalue weighted by molar-refractivity contribution is 0.0916. The van der Waals surface area contributed by atoms with Crippen molar-refractivity contribution in [1.82, 2.24) is 0 Å². The minimum Gasteiger partial charge on any atom is -0.450 e. The quantitative estimate of drug-likeness (QED) is 0.595. The van der Waals surface area contributed by atoms with Crippen molar-refractivity contribution in [2.45, 2.75) is 6.42 Å². The van der Waals surface area contributed by atoms with Gasteiger partial charge < -0.3 is 9.84 Å². The molecule has 9 heavy (non-hydrogen) atoms. The Labute approximate surface area is 51.7 Å². The molecule has 4 heteroatoms. The van der Waals surface area contributed by atoms with E-state index in [-0.39, 0.29) is 13.0 Å². The summed E-state index contributed by atoms with van der Waals surface area (Å²) in [5.41, 5.74) is 0. The highest BCUT2D eigenvalue weighted by molar-refractivity contribution is 5.56. The fourth-order valence-electron chi connectivity index (χ4n) is 0.249. The largest absolute Gasteiger partial charge is 0.505 e. The van der Waals surface area contributed by atoms with E-state index in [2.05, 4.69) is 11.3 Å². The van der Waals surface area contributed by atoms with Crippen LogP contribution in [0.15, 0.2) is 12.4 Å². The van der Waals surface area contributed by atoms with Gasteiger partial charge in [0.05, 0.1) is 5.83 Å². The lowest BCUT2D eigenvalue weighted by atomic mass is 10.4. The lowest BCUT2D eigenvalue weighted by Crippen LogP contribution is -2.01. The van der Waals surface area contributed by atoms with E-state index in [1.807, 2.05) is 0 Å². The second kappa shape index (κ2) is 3.88. The Morgan fingerprint density at radius 3 is 2.67 bits per heavy atom. The summed E-state index contributed by atoms with van der Waals surface area (Å²) in [6, 6.07) is 0. The van der Waals surface area contributed by atoms with Crippen LogP contribution in [0.4, 0.5) is 9.18 Å². The zero-order valence-electron chi connectivity index (χ0n) is 4.76. The van der Waals surface area contributed by atoms with Crippen molar-refractivity contribution >= 4 is 6.16 Å². The molecule has 0 unspecified atom stereocenters. The third-order valence-corrected chi connectivity index (χ3v) is 0.599. The Kier molecular flexibility index (Phi) is 3.43. The van der Waals surface area contributed by atoms with E-state index in [1.54, 1.807) is 0 Å². The minimum atomic E-state index is -1.39. The minimum absolute atomic E-state index is 0.0632. The highest BCUT2D eigenvalue weighted by Gasteiger charge is 1.95. The van der Waals surface area contributed by atoms with Crippen molar-refractivity contribution in [3.05, 3.63) is 12.4 Å². The third-order valence-electron chi connectivity index (χ3n) is 0.599. The molecule has 0 aromatic carbocycles. The molecule has 52 valence electrons. The summed E-state index contributed by atoms with van der Waals surface area (Å²) in [5.74, 6) is -0.573. The first-order valence-electron chi connectivity index (χ1n) is 2.32. The van der Waals surface area contributed by atoms with E-state index < -0.39 is 12.0 Å². The Hall–Kier alpha value is -1.06. The molecular formula is C5H7FO3. The van der Waals surface area contributed by atoms with Gasteiger partial charge in [-0.3, -0.25) is 0 Å². The number of hydrogen-bond acceptors (Lipinski definition) is 2. The topological polar surface area (TPSA) is 46.5 Å². The molecule has 0 aliphatic rings. The van der Waals surface area contributed by atoms with Crippen molar-refractivity contribution < 1.29 is 19.0 Å². The number of hydrogen-bond donors (Lipinski definition) is 1. The molecule has 3 nitrogen and oxygen atoms in total. The smallest absolute Gasteiger partial charge is 0.450 e. The van der Waals surface area contributed by atoms with Crippen LogP contribution in [0.5, 0.6) is 0 Å². The number of halogens is 1. The predicted octanol–water partition coefficient (Wildman–Crippen LogP) is 1.55. The maximum atomic E-state index is 11.7. The van der Waals surface area contributed by atoms with E-state index in [9.17, 15) is 9.18 Å². The van der Waals surface area contributed by atoms with Crippen LogP contribution < -0.4 is 0 Å². The number of carboxylic acid groups (broad SMARTS) is 1. The van der Waals surface area contributed by atoms with Crippen molar-refractivity contribution in [3.63, 3.8) is 0 Å². The normalized spacial score (nSPS) is 8.56. The maximum Gasteiger partial charge on any atom is 0.505 e. The predicted molar refractivity (Wildman–Crippen MR) is 28.8 cm³/mol. The van der Waals surface area contributed by atoms with Crippen LogP contribution in [0.25, 0.3) is 0 Å². The average molecular weight is 134 g/mol. The third kappa shape index (κ3) is 6.94. The second-order valence-corrected chi connectivity index (χ2v) is 1.38. The molecule has 1 N–H and O–H groups in total. The van der Waals surface area contributed by atoms with Crippen LogP contribution in [-0.2, 0) is 4.74 Å². The highest BCUT2D eigenvalue weighted by Crippen LogP contribution is 1.97. The first kappa shape index (κ1) is 7.94. The molecule has 0 radical (unpaired) electrons. The van der Waals surface area contributed by atoms with E-state index in [1.165, 1.54) is 0 Å². The Morgan fingerprint density at radius 1 is 1.78 bits per heavy atom. The molecule has 0 bridgehead atoms. The Bertz CT molecular complexity index is 107. The molecule has 0 fully saturated rings. The van der Waals surface area contributed by atoms with E-state index in [0.717, 1.165) is 0 Å². The standard InChI is InChI=1S/C5H7FO3/c1-4(6)2-3-9-5(7)8/h1-3H2,(H,7,8). The van der Waals surface area contributed by atoms with E-state index >= 15 is 0 Å². The molecule has 0 atom stereocenters. The lowest BCUT2D eigenvalue weighted by Gasteiger charge is -1.95. The number of ether oxygens (including phenoxy) is 1. The summed E-state index contributed by atoms with van der Waals surface area (Å²) in [4.78, 5) is 9.61. The molecule has 0 aliphatic heterocycles. The van der Waals surface area contributed by atoms with E-state index in [0.29, 0.717) is 0 Å². The Morgan fingerprint density at radius 2 is 2.33 bits per heavy atom. The van der Waals surface area contributed by atoms with Crippen LogP contribution in [-0.4, -0.2) is 17.9 Å². The maximum absolute atomic E-state index is 11.7. The molecular weight excluding hydrogens is 127 g/mol. The van der Waals surface area contributed by atoms with Gasteiger partial charge in [-0.05, 0) is 0 Å². The first-order valence-corrected chi connectivity index (χ1v) is 2.32. The van der Waals surface area contributed by atoms with Crippen LogP contribution in [0.3, 0.4) is 0 Å². The number of rotatable bonds is 3. The van der Waals surface area contributed by atoms with Crippen LogP contribution >= 0.6 is 0 Å². The van der Waals surface area contributed by atoms with Gasteiger partial charge in [-0.2, -0.15) is 0 Å². The van der Waals surface area contributed by atoms with Crippen molar-refractivity contribution in [2.24, 2.45) is 0 Å². The molecule has 0 heterocycles. The summed E-state index contributed by atoms with van der Waals surface area (Å²) in [5, 5.41) is 7.85. The molecule has 0 aromatic rings. The van der Waals surface area contributed by atoms with Crippen molar-refractivity contribution in [3.8, 4) is 0 Å². The monoisotopic (exact) mass is 134 g/mol. The highest BCUT2D eigenvalue weighted by atomic mass is 19.1. The van der Waals surface area contributed by atoms with Gasteiger partial charge >= 0.3 is 6.16 Å². The van der Waals surface area contributed by atoms with Gasteiger partial charge in [0.25, 0.3) is 0 Å². The summed E-state index contributed by atoms with van der Waals surface area (Å²) < 4.78 is 15.7. The summed E-state index contributed by atoms with van der Waals surface area (Å²) in [6.45, 7) is 2.75. The van der Waals surface area contributed by atoms with Crippen LogP contribution in [0, 0.1) is 0 Å². The van der Waals surface area contributed by atoms with Gasteiger partial charge in [0.15, 0.2) is 0 Å². The fraction of sp³-hybridized carbons (Fsp3) is 0.400. The molecule has 0 rings (SSSR count). The first-order chi connectivity index (χ1) is 4.13. The van der Waals surface area contributed by atoms with E-state index in [4.69, 9.17) is 5.11 Å². The van der Waals surface area contributed by atoms with Gasteiger partial charge in [-0.15, -0.1) is 0 Å². The van der Waals surface area contributed by atoms with Gasteiger partial charge in [0.2, 0.25) is 0 Å². The summed E-state index contributed by atoms with van der Waals surface area (Å²) >= 11 is 0. The van der Waals surface area contributed by atoms with Crippen LogP contribution in [0.1, 0.15) is 6.42 Å². The molecule has 0 saturated carbocycles. The second-order valence-electron chi connectivity index (χ2n) is 1.38. The fourth-order valence-corrected chi connectivity index (χ4v) is 0.249. The molecule has 0 saturated heterocycles. The van der Waals surface area contributed by atoms with Gasteiger partial charge in [0, 0.05) is 6.42 Å². The molecule has 0 aliphatic carbocycles. The Balaban J connectivity index is 3.10. The van der Waals surface area contributed by atoms with Crippen molar-refractivity contribution in [2.75, 3.05) is 6.61 Å². The van der Waals surface area contributed by atoms with Crippen molar-refractivity contribution in [1.29, 1.82) is 0 Å². The van der Waals surface area contributed by atoms with Gasteiger partial charge in [0.1, 0.15) is 6.61 Å². The zero-order valence-corrected chi connectivity index (χ0v) is 4.76. The SMILES string of the molecule is C=C(F)CCOC(=O)O. The summed E-state index contributed by atoms with van der Waals surface area (Å²) in [6.07, 6.45) is -1.46. The van der Waals surface area contributed by atoms with Crippen LogP contribution in [0.2, 0.25) is 0 Å². The molecule has 0 aromatic heterocycles. The van der Waals surface area contributed by atoms with Gasteiger partial charge in [-0.25, -0.2) is 9.18 Å². The zero-order chi connectivity index (χ0) is 7.28. The average Bonchev–Trinajstić information content (AvgIpc) is 1.63.